The van der Waals surface area contributed by atoms with Crippen LogP contribution in [0.25, 0.3) is 5.69 Å². The standard InChI is InChI=1S/C21H27F4N5O2/c1-3-14(4-2)17(29-9-11-32-12-10-29)13-26-20(31)18-19(21(23,24)25)30(28-27-18)16-7-5-15(22)6-8-16/h5-8,14,17H,3-4,9-13H2,1-2H3,(H,26,31). The summed E-state index contributed by atoms with van der Waals surface area (Å²) in [6.07, 6.45) is -3.13. The monoisotopic (exact) mass is 457 g/mol. The van der Waals surface area contributed by atoms with Crippen molar-refractivity contribution in [3.05, 3.63) is 41.5 Å². The molecule has 0 radical (unpaired) electrons. The van der Waals surface area contributed by atoms with Crippen molar-refractivity contribution in [2.75, 3.05) is 32.8 Å². The number of nitrogens with one attached hydrogen (secondary N) is 1. The van der Waals surface area contributed by atoms with Gasteiger partial charge in [0.2, 0.25) is 0 Å². The lowest BCUT2D eigenvalue weighted by Crippen LogP contribution is -2.52. The second-order valence-corrected chi connectivity index (χ2v) is 7.67. The molecule has 0 spiro atoms. The highest BCUT2D eigenvalue weighted by atomic mass is 19.4. The molecule has 7 nitrogen and oxygen atoms in total. The van der Waals surface area contributed by atoms with Crippen molar-refractivity contribution < 1.29 is 27.1 Å². The van der Waals surface area contributed by atoms with Crippen LogP contribution in [-0.2, 0) is 10.9 Å². The van der Waals surface area contributed by atoms with Crippen LogP contribution in [0.3, 0.4) is 0 Å². The van der Waals surface area contributed by atoms with Gasteiger partial charge in [-0.25, -0.2) is 9.07 Å². The van der Waals surface area contributed by atoms with E-state index >= 15 is 0 Å². The average Bonchev–Trinajstić information content (AvgIpc) is 3.23. The van der Waals surface area contributed by atoms with Gasteiger partial charge < -0.3 is 10.1 Å². The fourth-order valence-electron chi connectivity index (χ4n) is 4.07. The predicted molar refractivity (Wildman–Crippen MR) is 109 cm³/mol. The van der Waals surface area contributed by atoms with Gasteiger partial charge in [0, 0.05) is 25.7 Å². The number of aromatic nitrogens is 3. The largest absolute Gasteiger partial charge is 0.435 e. The van der Waals surface area contributed by atoms with Gasteiger partial charge in [-0.1, -0.05) is 31.9 Å². The Morgan fingerprint density at radius 3 is 2.34 bits per heavy atom. The summed E-state index contributed by atoms with van der Waals surface area (Å²) in [7, 11) is 0. The Morgan fingerprint density at radius 2 is 1.78 bits per heavy atom. The van der Waals surface area contributed by atoms with Crippen molar-refractivity contribution in [1.82, 2.24) is 25.2 Å². The SMILES string of the molecule is CCC(CC)C(CNC(=O)c1nnn(-c2ccc(F)cc2)c1C(F)(F)F)N1CCOCC1. The van der Waals surface area contributed by atoms with Crippen LogP contribution in [0.2, 0.25) is 0 Å². The van der Waals surface area contributed by atoms with E-state index in [1.807, 2.05) is 0 Å². The third-order valence-electron chi connectivity index (χ3n) is 5.80. The molecule has 1 amide bonds. The summed E-state index contributed by atoms with van der Waals surface area (Å²) in [5.41, 5.74) is -2.16. The fourth-order valence-corrected chi connectivity index (χ4v) is 4.07. The fraction of sp³-hybridized carbons (Fsp3) is 0.571. The summed E-state index contributed by atoms with van der Waals surface area (Å²) in [4.78, 5) is 15.0. The molecule has 2 aromatic rings. The zero-order valence-electron chi connectivity index (χ0n) is 18.0. The summed E-state index contributed by atoms with van der Waals surface area (Å²) in [6, 6.07) is 4.28. The van der Waals surface area contributed by atoms with Gasteiger partial charge in [0.25, 0.3) is 5.91 Å². The predicted octanol–water partition coefficient (Wildman–Crippen LogP) is 3.29. The molecule has 1 aromatic carbocycles. The third kappa shape index (κ3) is 5.44. The summed E-state index contributed by atoms with van der Waals surface area (Å²) < 4.78 is 60.5. The van der Waals surface area contributed by atoms with Crippen molar-refractivity contribution in [2.45, 2.75) is 38.9 Å². The molecule has 1 fully saturated rings. The number of halogens is 4. The minimum Gasteiger partial charge on any atom is -0.379 e. The van der Waals surface area contributed by atoms with Crippen LogP contribution < -0.4 is 5.32 Å². The van der Waals surface area contributed by atoms with E-state index in [0.29, 0.717) is 31.0 Å². The average molecular weight is 457 g/mol. The Balaban J connectivity index is 1.84. The number of amides is 1. The van der Waals surface area contributed by atoms with Gasteiger partial charge in [-0.05, 0) is 30.2 Å². The first kappa shape index (κ1) is 24.1. The van der Waals surface area contributed by atoms with Crippen LogP contribution >= 0.6 is 0 Å². The molecule has 1 aliphatic rings. The lowest BCUT2D eigenvalue weighted by Gasteiger charge is -2.38. The quantitative estimate of drug-likeness (QED) is 0.616. The smallest absolute Gasteiger partial charge is 0.379 e. The molecule has 32 heavy (non-hydrogen) atoms. The lowest BCUT2D eigenvalue weighted by atomic mass is 9.92. The van der Waals surface area contributed by atoms with E-state index in [2.05, 4.69) is 34.4 Å². The first-order valence-corrected chi connectivity index (χ1v) is 10.6. The minimum absolute atomic E-state index is 0.0284. The molecular weight excluding hydrogens is 430 g/mol. The van der Waals surface area contributed by atoms with Gasteiger partial charge in [-0.2, -0.15) is 13.2 Å². The summed E-state index contributed by atoms with van der Waals surface area (Å²) in [5, 5.41) is 9.67. The van der Waals surface area contributed by atoms with Crippen LogP contribution in [0.1, 0.15) is 42.9 Å². The van der Waals surface area contributed by atoms with E-state index in [4.69, 9.17) is 4.74 Å². The Labute approximate surface area is 183 Å². The van der Waals surface area contributed by atoms with Crippen LogP contribution in [0, 0.1) is 11.7 Å². The number of alkyl halides is 3. The highest BCUT2D eigenvalue weighted by molar-refractivity contribution is 5.93. The van der Waals surface area contributed by atoms with Gasteiger partial charge in [0.15, 0.2) is 11.4 Å². The van der Waals surface area contributed by atoms with E-state index in [-0.39, 0.29) is 24.2 Å². The van der Waals surface area contributed by atoms with E-state index in [0.717, 1.165) is 37.1 Å². The minimum atomic E-state index is -4.89. The normalized spacial score (nSPS) is 16.3. The van der Waals surface area contributed by atoms with Crippen LogP contribution in [0.15, 0.2) is 24.3 Å². The molecular formula is C21H27F4N5O2. The number of morpholine rings is 1. The number of rotatable bonds is 8. The number of carbonyl (C=O) groups excluding carboxylic acids is 1. The molecule has 1 unspecified atom stereocenters. The maximum atomic E-state index is 13.8. The molecule has 1 saturated heterocycles. The van der Waals surface area contributed by atoms with Crippen molar-refractivity contribution in [1.29, 1.82) is 0 Å². The van der Waals surface area contributed by atoms with Gasteiger partial charge in [-0.3, -0.25) is 9.69 Å². The molecule has 0 aliphatic carbocycles. The molecule has 0 bridgehead atoms. The van der Waals surface area contributed by atoms with Gasteiger partial charge in [0.05, 0.1) is 18.9 Å². The Bertz CT molecular complexity index is 891. The number of hydrogen-bond donors (Lipinski definition) is 1. The summed E-state index contributed by atoms with van der Waals surface area (Å²) in [6.45, 7) is 6.85. The van der Waals surface area contributed by atoms with Gasteiger partial charge in [0.1, 0.15) is 5.82 Å². The molecule has 0 saturated carbocycles. The molecule has 3 rings (SSSR count). The first-order chi connectivity index (χ1) is 15.3. The van der Waals surface area contributed by atoms with E-state index in [1.54, 1.807) is 0 Å². The number of carbonyl (C=O) groups is 1. The van der Waals surface area contributed by atoms with Gasteiger partial charge in [-0.15, -0.1) is 5.10 Å². The molecule has 176 valence electrons. The van der Waals surface area contributed by atoms with Crippen molar-refractivity contribution >= 4 is 5.91 Å². The Morgan fingerprint density at radius 1 is 1.16 bits per heavy atom. The number of benzene rings is 1. The zero-order valence-corrected chi connectivity index (χ0v) is 18.0. The van der Waals surface area contributed by atoms with Crippen LogP contribution in [0.4, 0.5) is 17.6 Å². The molecule has 1 aromatic heterocycles. The third-order valence-corrected chi connectivity index (χ3v) is 5.80. The second-order valence-electron chi connectivity index (χ2n) is 7.67. The number of hydrogen-bond acceptors (Lipinski definition) is 5. The molecule has 1 N–H and O–H groups in total. The highest BCUT2D eigenvalue weighted by Crippen LogP contribution is 2.32. The molecule has 11 heteroatoms. The van der Waals surface area contributed by atoms with E-state index in [1.165, 1.54) is 0 Å². The Hall–Kier alpha value is -2.53. The lowest BCUT2D eigenvalue weighted by molar-refractivity contribution is -0.143. The zero-order chi connectivity index (χ0) is 23.3. The summed E-state index contributed by atoms with van der Waals surface area (Å²) >= 11 is 0. The second kappa shape index (κ2) is 10.4. The maximum Gasteiger partial charge on any atom is 0.435 e. The summed E-state index contributed by atoms with van der Waals surface area (Å²) in [5.74, 6) is -1.28. The van der Waals surface area contributed by atoms with Crippen molar-refractivity contribution in [3.8, 4) is 5.69 Å². The van der Waals surface area contributed by atoms with Crippen molar-refractivity contribution in [2.24, 2.45) is 5.92 Å². The highest BCUT2D eigenvalue weighted by Gasteiger charge is 2.42. The number of nitrogens with zero attached hydrogens (tertiary/aromatic N) is 4. The molecule has 1 aliphatic heterocycles. The van der Waals surface area contributed by atoms with Crippen LogP contribution in [-0.4, -0.2) is 64.7 Å². The molecule has 1 atom stereocenters. The van der Waals surface area contributed by atoms with E-state index < -0.39 is 29.3 Å². The number of ether oxygens (including phenoxy) is 1. The van der Waals surface area contributed by atoms with Crippen LogP contribution in [0.5, 0.6) is 0 Å². The maximum absolute atomic E-state index is 13.8. The van der Waals surface area contributed by atoms with Crippen molar-refractivity contribution in [3.63, 3.8) is 0 Å². The Kier molecular flexibility index (Phi) is 7.83. The molecule has 2 heterocycles. The van der Waals surface area contributed by atoms with Gasteiger partial charge >= 0.3 is 6.18 Å². The van der Waals surface area contributed by atoms with E-state index in [9.17, 15) is 22.4 Å². The first-order valence-electron chi connectivity index (χ1n) is 10.6. The topological polar surface area (TPSA) is 72.3 Å².